The highest BCUT2D eigenvalue weighted by Crippen LogP contribution is 2.18. The molecule has 1 saturated heterocycles. The Hall–Kier alpha value is -2.43. The number of nitrogens with zero attached hydrogens (tertiary/aromatic N) is 1. The van der Waals surface area contributed by atoms with Crippen molar-refractivity contribution < 1.29 is 17.9 Å². The monoisotopic (exact) mass is 394 g/mol. The van der Waals surface area contributed by atoms with Gasteiger partial charge in [-0.3, -0.25) is 9.59 Å². The fourth-order valence-electron chi connectivity index (χ4n) is 2.96. The molecule has 10 heteroatoms. The Morgan fingerprint density at radius 3 is 2.63 bits per heavy atom. The number of H-pyrrole nitrogens is 2. The van der Waals surface area contributed by atoms with E-state index in [1.165, 1.54) is 16.6 Å². The number of hydrogen-bond donors (Lipinski definition) is 3. The third kappa shape index (κ3) is 4.12. The molecule has 27 heavy (non-hydrogen) atoms. The first-order chi connectivity index (χ1) is 12.8. The second-order valence-corrected chi connectivity index (χ2v) is 8.33. The van der Waals surface area contributed by atoms with Crippen molar-refractivity contribution in [1.29, 1.82) is 0 Å². The Morgan fingerprint density at radius 2 is 1.96 bits per heavy atom. The third-order valence-corrected chi connectivity index (χ3v) is 6.30. The van der Waals surface area contributed by atoms with Crippen LogP contribution in [-0.2, 0) is 21.3 Å². The highest BCUT2D eigenvalue weighted by atomic mass is 32.2. The number of ether oxygens (including phenoxy) is 1. The SMILES string of the molecule is Cc1cc(C)c(CNC(=O)c2cc(S(=O)(=O)N3CCOCC3)c[nH]2)c(=O)[nH]1. The first-order valence-electron chi connectivity index (χ1n) is 8.53. The predicted octanol–water partition coefficient (Wildman–Crippen LogP) is 0.271. The van der Waals surface area contributed by atoms with Crippen LogP contribution in [0.25, 0.3) is 0 Å². The normalized spacial score (nSPS) is 15.6. The van der Waals surface area contributed by atoms with Gasteiger partial charge in [-0.2, -0.15) is 4.31 Å². The topological polar surface area (TPSA) is 124 Å². The van der Waals surface area contributed by atoms with E-state index in [2.05, 4.69) is 15.3 Å². The van der Waals surface area contributed by atoms with Crippen LogP contribution in [0.15, 0.2) is 28.0 Å². The van der Waals surface area contributed by atoms with E-state index in [-0.39, 0.29) is 35.8 Å². The molecular formula is C17H22N4O5S. The van der Waals surface area contributed by atoms with Gasteiger partial charge in [0, 0.05) is 37.1 Å². The number of rotatable bonds is 5. The molecule has 1 amide bonds. The number of aromatic amines is 2. The zero-order valence-electron chi connectivity index (χ0n) is 15.2. The molecule has 0 radical (unpaired) electrons. The van der Waals surface area contributed by atoms with E-state index in [1.54, 1.807) is 13.8 Å². The van der Waals surface area contributed by atoms with Crippen LogP contribution < -0.4 is 10.9 Å². The quantitative estimate of drug-likeness (QED) is 0.671. The van der Waals surface area contributed by atoms with E-state index < -0.39 is 15.9 Å². The summed E-state index contributed by atoms with van der Waals surface area (Å²) >= 11 is 0. The number of carbonyl (C=O) groups is 1. The standard InChI is InChI=1S/C17H22N4O5S/c1-11-7-12(2)20-16(22)14(11)10-19-17(23)15-8-13(9-18-15)27(24,25)21-3-5-26-6-4-21/h7-9,18H,3-6,10H2,1-2H3,(H,19,23)(H,20,22). The average molecular weight is 394 g/mol. The van der Waals surface area contributed by atoms with Crippen LogP contribution in [0.4, 0.5) is 0 Å². The van der Waals surface area contributed by atoms with E-state index in [9.17, 15) is 18.0 Å². The largest absolute Gasteiger partial charge is 0.379 e. The van der Waals surface area contributed by atoms with Gasteiger partial charge in [0.15, 0.2) is 0 Å². The molecule has 0 saturated carbocycles. The highest BCUT2D eigenvalue weighted by Gasteiger charge is 2.28. The summed E-state index contributed by atoms with van der Waals surface area (Å²) in [5, 5.41) is 2.64. The number of aromatic nitrogens is 2. The average Bonchev–Trinajstić information content (AvgIpc) is 3.12. The molecule has 0 unspecified atom stereocenters. The smallest absolute Gasteiger partial charge is 0.268 e. The summed E-state index contributed by atoms with van der Waals surface area (Å²) in [5.41, 5.74) is 1.84. The van der Waals surface area contributed by atoms with Gasteiger partial charge in [-0.05, 0) is 31.5 Å². The Kier molecular flexibility index (Phi) is 5.49. The van der Waals surface area contributed by atoms with Gasteiger partial charge in [-0.25, -0.2) is 8.42 Å². The maximum absolute atomic E-state index is 12.6. The lowest BCUT2D eigenvalue weighted by molar-refractivity contribution is 0.0730. The van der Waals surface area contributed by atoms with Crippen molar-refractivity contribution in [1.82, 2.24) is 19.6 Å². The second kappa shape index (κ2) is 7.67. The zero-order chi connectivity index (χ0) is 19.6. The van der Waals surface area contributed by atoms with Gasteiger partial charge in [-0.1, -0.05) is 0 Å². The molecule has 0 aliphatic carbocycles. The number of amides is 1. The summed E-state index contributed by atoms with van der Waals surface area (Å²) in [6, 6.07) is 3.12. The summed E-state index contributed by atoms with van der Waals surface area (Å²) in [5.74, 6) is -0.488. The molecule has 1 aliphatic heterocycles. The van der Waals surface area contributed by atoms with Gasteiger partial charge in [0.25, 0.3) is 11.5 Å². The van der Waals surface area contributed by atoms with Crippen LogP contribution in [0.1, 0.15) is 27.3 Å². The third-order valence-electron chi connectivity index (χ3n) is 4.43. The number of hydrogen-bond acceptors (Lipinski definition) is 5. The number of aryl methyl sites for hydroxylation is 2. The highest BCUT2D eigenvalue weighted by molar-refractivity contribution is 7.89. The molecule has 0 aromatic carbocycles. The first kappa shape index (κ1) is 19.3. The van der Waals surface area contributed by atoms with E-state index in [1.807, 2.05) is 6.07 Å². The Bertz CT molecular complexity index is 1000. The molecule has 0 bridgehead atoms. The molecule has 0 spiro atoms. The summed E-state index contributed by atoms with van der Waals surface area (Å²) in [6.07, 6.45) is 1.30. The van der Waals surface area contributed by atoms with Crippen LogP contribution in [0.5, 0.6) is 0 Å². The van der Waals surface area contributed by atoms with Gasteiger partial charge in [0.05, 0.1) is 13.2 Å². The Balaban J connectivity index is 1.71. The number of morpholine rings is 1. The van der Waals surface area contributed by atoms with Crippen molar-refractivity contribution >= 4 is 15.9 Å². The lowest BCUT2D eigenvalue weighted by Gasteiger charge is -2.25. The minimum Gasteiger partial charge on any atom is -0.379 e. The Labute approximate surface area is 156 Å². The van der Waals surface area contributed by atoms with E-state index in [0.29, 0.717) is 18.8 Å². The molecule has 3 heterocycles. The molecule has 1 aliphatic rings. The number of nitrogens with one attached hydrogen (secondary N) is 3. The summed E-state index contributed by atoms with van der Waals surface area (Å²) in [7, 11) is -3.67. The van der Waals surface area contributed by atoms with E-state index in [0.717, 1.165) is 11.3 Å². The molecule has 0 atom stereocenters. The van der Waals surface area contributed by atoms with Gasteiger partial charge in [0.2, 0.25) is 10.0 Å². The van der Waals surface area contributed by atoms with Gasteiger partial charge < -0.3 is 20.0 Å². The zero-order valence-corrected chi connectivity index (χ0v) is 16.0. The van der Waals surface area contributed by atoms with E-state index in [4.69, 9.17) is 4.74 Å². The van der Waals surface area contributed by atoms with Crippen LogP contribution in [0, 0.1) is 13.8 Å². The van der Waals surface area contributed by atoms with Crippen molar-refractivity contribution in [3.8, 4) is 0 Å². The molecule has 3 rings (SSSR count). The molecule has 1 fully saturated rings. The van der Waals surface area contributed by atoms with Crippen molar-refractivity contribution in [2.45, 2.75) is 25.3 Å². The molecule has 2 aromatic heterocycles. The minimum absolute atomic E-state index is 0.0268. The molecule has 9 nitrogen and oxygen atoms in total. The fraction of sp³-hybridized carbons (Fsp3) is 0.412. The molecule has 2 aromatic rings. The van der Waals surface area contributed by atoms with Crippen LogP contribution in [0.2, 0.25) is 0 Å². The van der Waals surface area contributed by atoms with Crippen molar-refractivity contribution in [2.75, 3.05) is 26.3 Å². The maximum Gasteiger partial charge on any atom is 0.268 e. The predicted molar refractivity (Wildman–Crippen MR) is 98.1 cm³/mol. The number of carbonyl (C=O) groups excluding carboxylic acids is 1. The van der Waals surface area contributed by atoms with Crippen molar-refractivity contribution in [3.05, 3.63) is 51.2 Å². The lowest BCUT2D eigenvalue weighted by atomic mass is 10.1. The van der Waals surface area contributed by atoms with Crippen LogP contribution in [-0.4, -0.2) is 54.9 Å². The van der Waals surface area contributed by atoms with Crippen LogP contribution >= 0.6 is 0 Å². The van der Waals surface area contributed by atoms with Crippen LogP contribution in [0.3, 0.4) is 0 Å². The van der Waals surface area contributed by atoms with Gasteiger partial charge in [-0.15, -0.1) is 0 Å². The van der Waals surface area contributed by atoms with Gasteiger partial charge >= 0.3 is 0 Å². The fourth-order valence-corrected chi connectivity index (χ4v) is 4.36. The summed E-state index contributed by atoms with van der Waals surface area (Å²) in [4.78, 5) is 29.8. The number of pyridine rings is 1. The second-order valence-electron chi connectivity index (χ2n) is 6.39. The summed E-state index contributed by atoms with van der Waals surface area (Å²) < 4.78 is 31.7. The first-order valence-corrected chi connectivity index (χ1v) is 9.97. The van der Waals surface area contributed by atoms with Gasteiger partial charge in [0.1, 0.15) is 10.6 Å². The molecule has 3 N–H and O–H groups in total. The number of sulfonamides is 1. The summed E-state index contributed by atoms with van der Waals surface area (Å²) in [6.45, 7) is 4.89. The van der Waals surface area contributed by atoms with Crippen molar-refractivity contribution in [3.63, 3.8) is 0 Å². The minimum atomic E-state index is -3.67. The Morgan fingerprint density at radius 1 is 1.26 bits per heavy atom. The van der Waals surface area contributed by atoms with E-state index >= 15 is 0 Å². The maximum atomic E-state index is 12.6. The lowest BCUT2D eigenvalue weighted by Crippen LogP contribution is -2.40. The molecular weight excluding hydrogens is 372 g/mol. The molecule has 146 valence electrons. The van der Waals surface area contributed by atoms with Crippen molar-refractivity contribution in [2.24, 2.45) is 0 Å².